The summed E-state index contributed by atoms with van der Waals surface area (Å²) in [6, 6.07) is 2.00. The summed E-state index contributed by atoms with van der Waals surface area (Å²) in [5.74, 6) is -0.0503. The number of benzene rings is 1. The van der Waals surface area contributed by atoms with E-state index >= 15 is 0 Å². The average molecular weight is 381 g/mol. The van der Waals surface area contributed by atoms with Crippen LogP contribution in [0.25, 0.3) is 0 Å². The topological polar surface area (TPSA) is 72.2 Å². The molecule has 1 rings (SSSR count). The number of hydrogen-bond acceptors (Lipinski definition) is 3. The highest BCUT2D eigenvalue weighted by atomic mass is 79.9. The van der Waals surface area contributed by atoms with E-state index in [0.717, 1.165) is 31.4 Å². The molecule has 0 amide bonds. The van der Waals surface area contributed by atoms with E-state index in [0.29, 0.717) is 5.92 Å². The number of nitrogen functional groups attached to an aromatic ring is 1. The number of hydrogen-bond donors (Lipinski definition) is 2. The SMILES string of the molecule is CC(C)CCCC(C)NS(=O)(=O)c1cc(N)c(F)cc1Br. The highest BCUT2D eigenvalue weighted by molar-refractivity contribution is 9.10. The second-order valence-corrected chi connectivity index (χ2v) is 8.19. The predicted octanol–water partition coefficient (Wildman–Crippen LogP) is 3.66. The van der Waals surface area contributed by atoms with Crippen molar-refractivity contribution in [2.45, 2.75) is 51.0 Å². The van der Waals surface area contributed by atoms with Crippen molar-refractivity contribution >= 4 is 31.6 Å². The molecule has 0 radical (unpaired) electrons. The zero-order valence-corrected chi connectivity index (χ0v) is 14.9. The van der Waals surface area contributed by atoms with Crippen LogP contribution in [0.5, 0.6) is 0 Å². The maximum absolute atomic E-state index is 13.3. The standard InChI is InChI=1S/C14H22BrFN2O2S/c1-9(2)5-4-6-10(3)18-21(19,20)14-8-13(17)12(16)7-11(14)15/h7-10,18H,4-6,17H2,1-3H3. The van der Waals surface area contributed by atoms with Gasteiger partial charge in [-0.05, 0) is 47.3 Å². The summed E-state index contributed by atoms with van der Waals surface area (Å²) in [5.41, 5.74) is 5.25. The molecular weight excluding hydrogens is 359 g/mol. The number of sulfonamides is 1. The number of halogens is 2. The van der Waals surface area contributed by atoms with Crippen molar-refractivity contribution in [3.8, 4) is 0 Å². The lowest BCUT2D eigenvalue weighted by atomic mass is 10.0. The van der Waals surface area contributed by atoms with Gasteiger partial charge in [-0.1, -0.05) is 26.7 Å². The average Bonchev–Trinajstić information content (AvgIpc) is 2.32. The molecule has 0 aliphatic carbocycles. The van der Waals surface area contributed by atoms with Crippen LogP contribution in [0, 0.1) is 11.7 Å². The maximum atomic E-state index is 13.3. The molecule has 0 fully saturated rings. The van der Waals surface area contributed by atoms with Crippen molar-refractivity contribution in [2.75, 3.05) is 5.73 Å². The molecule has 21 heavy (non-hydrogen) atoms. The van der Waals surface area contributed by atoms with Crippen molar-refractivity contribution in [1.82, 2.24) is 4.72 Å². The van der Waals surface area contributed by atoms with E-state index < -0.39 is 15.8 Å². The van der Waals surface area contributed by atoms with Gasteiger partial charge in [0.1, 0.15) is 5.82 Å². The summed E-state index contributed by atoms with van der Waals surface area (Å²) in [6.07, 6.45) is 2.76. The van der Waals surface area contributed by atoms with Crippen LogP contribution in [0.1, 0.15) is 40.0 Å². The number of anilines is 1. The third-order valence-corrected chi connectivity index (χ3v) is 5.66. The van der Waals surface area contributed by atoms with Gasteiger partial charge in [-0.25, -0.2) is 17.5 Å². The summed E-state index contributed by atoms with van der Waals surface area (Å²) in [6.45, 7) is 6.08. The van der Waals surface area contributed by atoms with Gasteiger partial charge < -0.3 is 5.73 Å². The third kappa shape index (κ3) is 5.56. The highest BCUT2D eigenvalue weighted by Gasteiger charge is 2.21. The first kappa shape index (κ1) is 18.4. The quantitative estimate of drug-likeness (QED) is 0.708. The monoisotopic (exact) mass is 380 g/mol. The van der Waals surface area contributed by atoms with Gasteiger partial charge in [0, 0.05) is 10.5 Å². The summed E-state index contributed by atoms with van der Waals surface area (Å²) in [7, 11) is -3.72. The van der Waals surface area contributed by atoms with Crippen LogP contribution < -0.4 is 10.5 Å². The zero-order chi connectivity index (χ0) is 16.2. The Balaban J connectivity index is 2.80. The van der Waals surface area contributed by atoms with Crippen molar-refractivity contribution in [1.29, 1.82) is 0 Å². The molecule has 0 bridgehead atoms. The van der Waals surface area contributed by atoms with Gasteiger partial charge in [0.2, 0.25) is 10.0 Å². The molecule has 0 aromatic heterocycles. The molecule has 3 N–H and O–H groups in total. The maximum Gasteiger partial charge on any atom is 0.242 e. The normalized spacial score (nSPS) is 13.6. The lowest BCUT2D eigenvalue weighted by Gasteiger charge is -2.16. The fraction of sp³-hybridized carbons (Fsp3) is 0.571. The minimum absolute atomic E-state index is 0.0443. The Morgan fingerprint density at radius 1 is 1.29 bits per heavy atom. The van der Waals surface area contributed by atoms with Gasteiger partial charge in [-0.2, -0.15) is 0 Å². The van der Waals surface area contributed by atoms with E-state index in [2.05, 4.69) is 34.5 Å². The first-order chi connectivity index (χ1) is 9.63. The molecule has 0 aliphatic rings. The van der Waals surface area contributed by atoms with E-state index in [-0.39, 0.29) is 21.1 Å². The van der Waals surface area contributed by atoms with Crippen LogP contribution >= 0.6 is 15.9 Å². The van der Waals surface area contributed by atoms with Gasteiger partial charge in [-0.15, -0.1) is 0 Å². The second kappa shape index (κ2) is 7.56. The number of nitrogens with two attached hydrogens (primary N) is 1. The minimum Gasteiger partial charge on any atom is -0.396 e. The molecule has 0 saturated heterocycles. The molecule has 1 aromatic rings. The zero-order valence-electron chi connectivity index (χ0n) is 12.5. The van der Waals surface area contributed by atoms with E-state index in [1.807, 2.05) is 6.92 Å². The van der Waals surface area contributed by atoms with Crippen LogP contribution in [0.2, 0.25) is 0 Å². The third-order valence-electron chi connectivity index (χ3n) is 3.12. The van der Waals surface area contributed by atoms with Gasteiger partial charge in [-0.3, -0.25) is 0 Å². The van der Waals surface area contributed by atoms with E-state index in [4.69, 9.17) is 5.73 Å². The summed E-state index contributed by atoms with van der Waals surface area (Å²) >= 11 is 3.06. The van der Waals surface area contributed by atoms with Gasteiger partial charge >= 0.3 is 0 Å². The summed E-state index contributed by atoms with van der Waals surface area (Å²) < 4.78 is 40.7. The van der Waals surface area contributed by atoms with E-state index in [1.54, 1.807) is 0 Å². The molecule has 0 spiro atoms. The molecule has 4 nitrogen and oxygen atoms in total. The molecular formula is C14H22BrFN2O2S. The number of nitrogens with one attached hydrogen (secondary N) is 1. The van der Waals surface area contributed by atoms with Crippen molar-refractivity contribution in [3.05, 3.63) is 22.4 Å². The van der Waals surface area contributed by atoms with Crippen LogP contribution in [-0.4, -0.2) is 14.5 Å². The predicted molar refractivity (Wildman–Crippen MR) is 87.0 cm³/mol. The first-order valence-corrected chi connectivity index (χ1v) is 9.18. The highest BCUT2D eigenvalue weighted by Crippen LogP contribution is 2.27. The Labute approximate surface area is 134 Å². The molecule has 120 valence electrons. The van der Waals surface area contributed by atoms with Gasteiger partial charge in [0.05, 0.1) is 10.6 Å². The molecule has 1 unspecified atom stereocenters. The Bertz CT molecular complexity index is 591. The minimum atomic E-state index is -3.72. The first-order valence-electron chi connectivity index (χ1n) is 6.90. The molecule has 1 atom stereocenters. The van der Waals surface area contributed by atoms with Crippen LogP contribution in [0.4, 0.5) is 10.1 Å². The van der Waals surface area contributed by atoms with Crippen molar-refractivity contribution in [3.63, 3.8) is 0 Å². The number of rotatable bonds is 7. The van der Waals surface area contributed by atoms with Crippen molar-refractivity contribution in [2.24, 2.45) is 5.92 Å². The molecule has 0 aliphatic heterocycles. The van der Waals surface area contributed by atoms with Crippen LogP contribution in [0.15, 0.2) is 21.5 Å². The second-order valence-electron chi connectivity index (χ2n) is 5.65. The Morgan fingerprint density at radius 2 is 1.90 bits per heavy atom. The smallest absolute Gasteiger partial charge is 0.242 e. The fourth-order valence-electron chi connectivity index (χ4n) is 1.97. The Kier molecular flexibility index (Phi) is 6.62. The molecule has 0 saturated carbocycles. The Morgan fingerprint density at radius 3 is 2.48 bits per heavy atom. The fourth-order valence-corrected chi connectivity index (χ4v) is 4.30. The van der Waals surface area contributed by atoms with Crippen molar-refractivity contribution < 1.29 is 12.8 Å². The van der Waals surface area contributed by atoms with Crippen LogP contribution in [-0.2, 0) is 10.0 Å². The van der Waals surface area contributed by atoms with E-state index in [1.165, 1.54) is 0 Å². The van der Waals surface area contributed by atoms with Crippen LogP contribution in [0.3, 0.4) is 0 Å². The lowest BCUT2D eigenvalue weighted by Crippen LogP contribution is -2.33. The summed E-state index contributed by atoms with van der Waals surface area (Å²) in [5, 5.41) is 0. The largest absolute Gasteiger partial charge is 0.396 e. The van der Waals surface area contributed by atoms with E-state index in [9.17, 15) is 12.8 Å². The van der Waals surface area contributed by atoms with Gasteiger partial charge in [0.25, 0.3) is 0 Å². The molecule has 1 aromatic carbocycles. The van der Waals surface area contributed by atoms with Gasteiger partial charge in [0.15, 0.2) is 0 Å². The Hall–Kier alpha value is -0.660. The lowest BCUT2D eigenvalue weighted by molar-refractivity contribution is 0.488. The molecule has 0 heterocycles. The molecule has 7 heteroatoms. The summed E-state index contributed by atoms with van der Waals surface area (Å²) in [4.78, 5) is -0.0443.